The topological polar surface area (TPSA) is 38.1 Å². The van der Waals surface area contributed by atoms with Gasteiger partial charge in [-0.05, 0) is 37.3 Å². The molecular formula is C14H18N2OS2. The summed E-state index contributed by atoms with van der Waals surface area (Å²) in [5, 5.41) is 10.6. The van der Waals surface area contributed by atoms with Gasteiger partial charge in [-0.3, -0.25) is 0 Å². The van der Waals surface area contributed by atoms with Crippen molar-refractivity contribution in [2.75, 3.05) is 0 Å². The molecule has 0 saturated heterocycles. The molecular weight excluding hydrogens is 276 g/mol. The first kappa shape index (κ1) is 13.2. The van der Waals surface area contributed by atoms with Gasteiger partial charge >= 0.3 is 0 Å². The zero-order valence-electron chi connectivity index (χ0n) is 11.4. The van der Waals surface area contributed by atoms with Crippen molar-refractivity contribution in [2.24, 2.45) is 0 Å². The van der Waals surface area contributed by atoms with Gasteiger partial charge in [-0.25, -0.2) is 0 Å². The number of hydrogen-bond acceptors (Lipinski definition) is 5. The lowest BCUT2D eigenvalue weighted by molar-refractivity contribution is 0.391. The first-order chi connectivity index (χ1) is 9.15. The molecule has 0 radical (unpaired) electrons. The second-order valence-corrected chi connectivity index (χ2v) is 7.69. The molecule has 0 fully saturated rings. The number of fused-ring (bicyclic) bond motifs is 1. The van der Waals surface area contributed by atoms with Crippen molar-refractivity contribution >= 4 is 23.1 Å². The van der Waals surface area contributed by atoms with E-state index in [1.807, 2.05) is 36.9 Å². The van der Waals surface area contributed by atoms with Crippen molar-refractivity contribution in [1.82, 2.24) is 10.5 Å². The maximum Gasteiger partial charge on any atom is 0.138 e. The van der Waals surface area contributed by atoms with Crippen molar-refractivity contribution in [3.63, 3.8) is 0 Å². The third-order valence-electron chi connectivity index (χ3n) is 3.62. The molecule has 0 spiro atoms. The summed E-state index contributed by atoms with van der Waals surface area (Å²) >= 11 is 3.85. The van der Waals surface area contributed by atoms with Gasteiger partial charge in [0.05, 0.1) is 9.90 Å². The summed E-state index contributed by atoms with van der Waals surface area (Å²) in [4.78, 5) is 0. The summed E-state index contributed by atoms with van der Waals surface area (Å²) in [6, 6.07) is 2.70. The summed E-state index contributed by atoms with van der Waals surface area (Å²) in [5.41, 5.74) is 3.65. The fraction of sp³-hybridized carbons (Fsp3) is 0.500. The van der Waals surface area contributed by atoms with E-state index in [1.54, 1.807) is 0 Å². The van der Waals surface area contributed by atoms with Crippen molar-refractivity contribution < 1.29 is 4.52 Å². The number of thioether (sulfide) groups is 1. The Morgan fingerprint density at radius 2 is 2.32 bits per heavy atom. The molecule has 1 aliphatic rings. The van der Waals surface area contributed by atoms with E-state index in [9.17, 15) is 0 Å². The fourth-order valence-corrected chi connectivity index (χ4v) is 5.09. The molecule has 5 heteroatoms. The Labute approximate surface area is 121 Å². The molecule has 0 saturated carbocycles. The van der Waals surface area contributed by atoms with E-state index in [2.05, 4.69) is 28.8 Å². The highest BCUT2D eigenvalue weighted by atomic mass is 32.2. The Bertz CT molecular complexity index is 556. The average molecular weight is 294 g/mol. The second-order valence-electron chi connectivity index (χ2n) is 5.06. The van der Waals surface area contributed by atoms with Gasteiger partial charge in [0, 0.05) is 23.4 Å². The van der Waals surface area contributed by atoms with Crippen LogP contribution in [0.3, 0.4) is 0 Å². The van der Waals surface area contributed by atoms with Crippen molar-refractivity contribution in [3.05, 3.63) is 34.0 Å². The lowest BCUT2D eigenvalue weighted by Gasteiger charge is -2.27. The third kappa shape index (κ3) is 2.59. The molecule has 3 rings (SSSR count). The van der Waals surface area contributed by atoms with Gasteiger partial charge in [0.2, 0.25) is 0 Å². The van der Waals surface area contributed by atoms with Gasteiger partial charge in [0.15, 0.2) is 0 Å². The van der Waals surface area contributed by atoms with Crippen LogP contribution < -0.4 is 5.32 Å². The van der Waals surface area contributed by atoms with E-state index in [4.69, 9.17) is 4.52 Å². The van der Waals surface area contributed by atoms with Crippen molar-refractivity contribution in [2.45, 2.75) is 49.2 Å². The smallest absolute Gasteiger partial charge is 0.138 e. The van der Waals surface area contributed by atoms with Crippen LogP contribution in [0.1, 0.15) is 42.0 Å². The van der Waals surface area contributed by atoms with Crippen LogP contribution in [-0.2, 0) is 6.54 Å². The normalized spacial score (nSPS) is 22.5. The van der Waals surface area contributed by atoms with Crippen LogP contribution in [0, 0.1) is 13.8 Å². The van der Waals surface area contributed by atoms with Gasteiger partial charge < -0.3 is 9.84 Å². The number of nitrogens with one attached hydrogen (secondary N) is 1. The Balaban J connectivity index is 1.75. The number of rotatable bonds is 3. The maximum atomic E-state index is 5.22. The molecule has 102 valence electrons. The van der Waals surface area contributed by atoms with Crippen LogP contribution in [0.15, 0.2) is 20.2 Å². The minimum absolute atomic E-state index is 0.450. The van der Waals surface area contributed by atoms with Crippen LogP contribution in [0.2, 0.25) is 0 Å². The first-order valence-electron chi connectivity index (χ1n) is 6.54. The predicted molar refractivity (Wildman–Crippen MR) is 79.8 cm³/mol. The Hall–Kier alpha value is -0.780. The van der Waals surface area contributed by atoms with Crippen LogP contribution in [0.25, 0.3) is 0 Å². The lowest BCUT2D eigenvalue weighted by Crippen LogP contribution is -2.26. The summed E-state index contributed by atoms with van der Waals surface area (Å²) in [6.07, 6.45) is 1.18. The van der Waals surface area contributed by atoms with Gasteiger partial charge in [-0.15, -0.1) is 23.1 Å². The van der Waals surface area contributed by atoms with Gasteiger partial charge in [-0.1, -0.05) is 12.1 Å². The minimum atomic E-state index is 0.450. The van der Waals surface area contributed by atoms with Gasteiger partial charge in [0.25, 0.3) is 0 Å². The SMILES string of the molecule is Cc1noc(C)c1CNC1C[C@H](C)Sc2sccc21. The van der Waals surface area contributed by atoms with E-state index < -0.39 is 0 Å². The Kier molecular flexibility index (Phi) is 3.69. The molecule has 0 aromatic carbocycles. The summed E-state index contributed by atoms with van der Waals surface area (Å²) in [6.45, 7) is 7.12. The number of nitrogens with zero attached hydrogens (tertiary/aromatic N) is 1. The van der Waals surface area contributed by atoms with E-state index in [1.165, 1.54) is 21.8 Å². The van der Waals surface area contributed by atoms with Crippen molar-refractivity contribution in [3.8, 4) is 0 Å². The lowest BCUT2D eigenvalue weighted by atomic mass is 10.0. The monoisotopic (exact) mass is 294 g/mol. The standard InChI is InChI=1S/C14H18N2OS2/c1-8-6-13(11-4-5-18-14(11)19-8)15-7-12-9(2)16-17-10(12)3/h4-5,8,13,15H,6-7H2,1-3H3/t8-,13?/m0/s1. The Morgan fingerprint density at radius 3 is 3.05 bits per heavy atom. The zero-order chi connectivity index (χ0) is 13.4. The molecule has 0 amide bonds. The maximum absolute atomic E-state index is 5.22. The molecule has 3 heterocycles. The number of aryl methyl sites for hydroxylation is 2. The van der Waals surface area contributed by atoms with Crippen LogP contribution in [-0.4, -0.2) is 10.4 Å². The molecule has 0 bridgehead atoms. The highest BCUT2D eigenvalue weighted by Crippen LogP contribution is 2.43. The number of aromatic nitrogens is 1. The van der Waals surface area contributed by atoms with E-state index in [0.717, 1.165) is 18.0 Å². The second kappa shape index (κ2) is 5.31. The van der Waals surface area contributed by atoms with Gasteiger partial charge in [0.1, 0.15) is 5.76 Å². The largest absolute Gasteiger partial charge is 0.361 e. The fourth-order valence-electron chi connectivity index (χ4n) is 2.52. The number of thiophene rings is 1. The zero-order valence-corrected chi connectivity index (χ0v) is 13.0. The molecule has 2 atom stereocenters. The molecule has 1 unspecified atom stereocenters. The molecule has 3 nitrogen and oxygen atoms in total. The third-order valence-corrected chi connectivity index (χ3v) is 5.96. The number of hydrogen-bond donors (Lipinski definition) is 1. The first-order valence-corrected chi connectivity index (χ1v) is 8.30. The van der Waals surface area contributed by atoms with Gasteiger partial charge in [-0.2, -0.15) is 0 Å². The van der Waals surface area contributed by atoms with E-state index in [0.29, 0.717) is 11.3 Å². The predicted octanol–water partition coefficient (Wildman–Crippen LogP) is 4.07. The molecule has 2 aromatic heterocycles. The van der Waals surface area contributed by atoms with Crippen molar-refractivity contribution in [1.29, 1.82) is 0 Å². The summed E-state index contributed by atoms with van der Waals surface area (Å²) in [5.74, 6) is 0.925. The van der Waals surface area contributed by atoms with E-state index >= 15 is 0 Å². The molecule has 0 aliphatic carbocycles. The highest BCUT2D eigenvalue weighted by Gasteiger charge is 2.26. The minimum Gasteiger partial charge on any atom is -0.361 e. The van der Waals surface area contributed by atoms with Crippen LogP contribution in [0.4, 0.5) is 0 Å². The van der Waals surface area contributed by atoms with Crippen LogP contribution in [0.5, 0.6) is 0 Å². The molecule has 19 heavy (non-hydrogen) atoms. The average Bonchev–Trinajstić information content (AvgIpc) is 2.95. The van der Waals surface area contributed by atoms with E-state index in [-0.39, 0.29) is 0 Å². The van der Waals surface area contributed by atoms with Crippen LogP contribution >= 0.6 is 23.1 Å². The summed E-state index contributed by atoms with van der Waals surface area (Å²) < 4.78 is 6.69. The Morgan fingerprint density at radius 1 is 1.47 bits per heavy atom. The molecule has 2 aromatic rings. The summed E-state index contributed by atoms with van der Waals surface area (Å²) in [7, 11) is 0. The highest BCUT2D eigenvalue weighted by molar-refractivity contribution is 8.01. The molecule has 1 aliphatic heterocycles. The quantitative estimate of drug-likeness (QED) is 0.926. The molecule has 1 N–H and O–H groups in total.